The lowest BCUT2D eigenvalue weighted by Crippen LogP contribution is -2.08. The van der Waals surface area contributed by atoms with Gasteiger partial charge in [0, 0.05) is 19.8 Å². The Kier molecular flexibility index (Phi) is 4.92. The Morgan fingerprint density at radius 3 is 2.00 bits per heavy atom. The Hall–Kier alpha value is -3.23. The molecule has 0 aliphatic carbocycles. The van der Waals surface area contributed by atoms with Crippen LogP contribution in [0.1, 0.15) is 5.56 Å². The van der Waals surface area contributed by atoms with Crippen molar-refractivity contribution in [3.05, 3.63) is 46.7 Å². The van der Waals surface area contributed by atoms with Crippen LogP contribution >= 0.6 is 0 Å². The predicted octanol–water partition coefficient (Wildman–Crippen LogP) is 1.92. The van der Waals surface area contributed by atoms with Gasteiger partial charge in [-0.3, -0.25) is 0 Å². The fourth-order valence-electron chi connectivity index (χ4n) is 1.49. The topological polar surface area (TPSA) is 101 Å². The van der Waals surface area contributed by atoms with Gasteiger partial charge in [-0.15, -0.1) is 0 Å². The molecule has 0 aliphatic rings. The monoisotopic (exact) mass is 263 g/mol. The van der Waals surface area contributed by atoms with Crippen molar-refractivity contribution in [3.8, 4) is 18.2 Å². The van der Waals surface area contributed by atoms with Gasteiger partial charge >= 0.3 is 0 Å². The van der Waals surface area contributed by atoms with Gasteiger partial charge in [0.05, 0.1) is 11.3 Å². The summed E-state index contributed by atoms with van der Waals surface area (Å²) in [5.41, 5.74) is 7.18. The lowest BCUT2D eigenvalue weighted by molar-refractivity contribution is 1.13. The summed E-state index contributed by atoms with van der Waals surface area (Å²) < 4.78 is 0. The molecule has 0 aromatic heterocycles. The molecule has 0 fully saturated rings. The van der Waals surface area contributed by atoms with Crippen LogP contribution in [-0.2, 0) is 0 Å². The molecule has 98 valence electrons. The Morgan fingerprint density at radius 1 is 1.05 bits per heavy atom. The Bertz CT molecular complexity index is 657. The highest BCUT2D eigenvalue weighted by atomic mass is 15.1. The number of nitriles is 3. The lowest BCUT2D eigenvalue weighted by Gasteiger charge is -2.11. The minimum atomic E-state index is -0.261. The number of rotatable bonds is 3. The number of hydrogen-bond donors (Lipinski definition) is 1. The molecule has 0 bridgehead atoms. The third-order valence-corrected chi connectivity index (χ3v) is 2.62. The highest BCUT2D eigenvalue weighted by Crippen LogP contribution is 2.17. The second-order valence-electron chi connectivity index (χ2n) is 4.17. The number of hydrogen-bond acceptors (Lipinski definition) is 5. The lowest BCUT2D eigenvalue weighted by atomic mass is 10.1. The van der Waals surface area contributed by atoms with Gasteiger partial charge < -0.3 is 10.6 Å². The summed E-state index contributed by atoms with van der Waals surface area (Å²) in [7, 11) is 3.86. The van der Waals surface area contributed by atoms with Crippen LogP contribution in [0.25, 0.3) is 6.08 Å². The van der Waals surface area contributed by atoms with Gasteiger partial charge in [0.1, 0.15) is 18.2 Å². The molecular formula is C15H13N5. The van der Waals surface area contributed by atoms with Crippen molar-refractivity contribution >= 4 is 11.8 Å². The molecule has 20 heavy (non-hydrogen) atoms. The second-order valence-corrected chi connectivity index (χ2v) is 4.17. The van der Waals surface area contributed by atoms with Crippen LogP contribution in [-0.4, -0.2) is 14.1 Å². The first kappa shape index (κ1) is 14.8. The third kappa shape index (κ3) is 3.38. The first-order valence-electron chi connectivity index (χ1n) is 5.73. The van der Waals surface area contributed by atoms with Crippen LogP contribution in [0.5, 0.6) is 0 Å². The van der Waals surface area contributed by atoms with Crippen LogP contribution < -0.4 is 10.6 Å². The van der Waals surface area contributed by atoms with Crippen molar-refractivity contribution in [1.82, 2.24) is 0 Å². The maximum absolute atomic E-state index is 9.08. The number of nitrogens with two attached hydrogens (primary N) is 1. The molecule has 0 spiro atoms. The zero-order valence-electron chi connectivity index (χ0n) is 11.3. The van der Waals surface area contributed by atoms with E-state index in [2.05, 4.69) is 0 Å². The maximum Gasteiger partial charge on any atom is 0.153 e. The van der Waals surface area contributed by atoms with Gasteiger partial charge in [0.2, 0.25) is 0 Å². The number of nitrogens with zero attached hydrogens (tertiary/aromatic N) is 4. The number of anilines is 1. The summed E-state index contributed by atoms with van der Waals surface area (Å²) in [4.78, 5) is 1.95. The molecule has 1 aromatic rings. The van der Waals surface area contributed by atoms with E-state index in [4.69, 9.17) is 21.5 Å². The third-order valence-electron chi connectivity index (χ3n) is 2.62. The zero-order chi connectivity index (χ0) is 15.1. The first-order valence-corrected chi connectivity index (χ1v) is 5.73. The molecular weight excluding hydrogens is 250 g/mol. The van der Waals surface area contributed by atoms with Crippen LogP contribution in [0.3, 0.4) is 0 Å². The highest BCUT2D eigenvalue weighted by Gasteiger charge is 2.07. The Balaban J connectivity index is 3.21. The van der Waals surface area contributed by atoms with Crippen LogP contribution in [0.4, 0.5) is 5.69 Å². The quantitative estimate of drug-likeness (QED) is 0.663. The van der Waals surface area contributed by atoms with Crippen LogP contribution in [0, 0.1) is 34.0 Å². The van der Waals surface area contributed by atoms with Gasteiger partial charge in [0.25, 0.3) is 0 Å². The van der Waals surface area contributed by atoms with Crippen LogP contribution in [0.2, 0.25) is 0 Å². The van der Waals surface area contributed by atoms with E-state index in [1.807, 2.05) is 49.3 Å². The van der Waals surface area contributed by atoms with Gasteiger partial charge in [-0.1, -0.05) is 12.1 Å². The highest BCUT2D eigenvalue weighted by molar-refractivity contribution is 5.67. The molecule has 0 unspecified atom stereocenters. The Morgan fingerprint density at radius 2 is 1.60 bits per heavy atom. The molecule has 0 atom stereocenters. The summed E-state index contributed by atoms with van der Waals surface area (Å²) in [5, 5.41) is 26.6. The molecule has 5 nitrogen and oxygen atoms in total. The van der Waals surface area contributed by atoms with E-state index in [0.717, 1.165) is 11.3 Å². The van der Waals surface area contributed by atoms with E-state index < -0.39 is 0 Å². The van der Waals surface area contributed by atoms with Crippen molar-refractivity contribution in [3.63, 3.8) is 0 Å². The summed E-state index contributed by atoms with van der Waals surface area (Å²) >= 11 is 0. The van der Waals surface area contributed by atoms with E-state index in [9.17, 15) is 0 Å². The summed E-state index contributed by atoms with van der Waals surface area (Å²) in [6, 6.07) is 12.7. The average Bonchev–Trinajstić information content (AvgIpc) is 2.46. The standard InChI is InChI=1S/C15H13N5/c1-20(2)14-5-3-11(4-6-14)7-12(8-16)15(19)13(9-17)10-18/h3-7H,19H2,1-2H3. The average molecular weight is 263 g/mol. The molecule has 2 N–H and O–H groups in total. The Labute approximate surface area is 118 Å². The smallest absolute Gasteiger partial charge is 0.153 e. The molecule has 0 heterocycles. The van der Waals surface area contributed by atoms with Crippen molar-refractivity contribution in [2.24, 2.45) is 5.73 Å². The van der Waals surface area contributed by atoms with Crippen molar-refractivity contribution < 1.29 is 0 Å². The largest absolute Gasteiger partial charge is 0.396 e. The maximum atomic E-state index is 9.08. The van der Waals surface area contributed by atoms with Crippen molar-refractivity contribution in [1.29, 1.82) is 15.8 Å². The molecule has 0 saturated carbocycles. The summed E-state index contributed by atoms with van der Waals surface area (Å²) in [5.74, 6) is 0. The van der Waals surface area contributed by atoms with Crippen molar-refractivity contribution in [2.75, 3.05) is 19.0 Å². The van der Waals surface area contributed by atoms with Crippen LogP contribution in [0.15, 0.2) is 41.1 Å². The van der Waals surface area contributed by atoms with Gasteiger partial charge in [-0.2, -0.15) is 15.8 Å². The SMILES string of the molecule is CN(C)c1ccc(C=C(C#N)C(N)=C(C#N)C#N)cc1. The normalized spacial score (nSPS) is 9.85. The van der Waals surface area contributed by atoms with E-state index in [-0.39, 0.29) is 16.8 Å². The molecule has 1 aromatic carbocycles. The fourth-order valence-corrected chi connectivity index (χ4v) is 1.49. The predicted molar refractivity (Wildman–Crippen MR) is 76.8 cm³/mol. The molecule has 0 amide bonds. The minimum Gasteiger partial charge on any atom is -0.396 e. The van der Waals surface area contributed by atoms with Gasteiger partial charge in [-0.05, 0) is 23.8 Å². The molecule has 0 saturated heterocycles. The molecule has 5 heteroatoms. The number of allylic oxidation sites excluding steroid dienone is 2. The van der Waals surface area contributed by atoms with Crippen molar-refractivity contribution in [2.45, 2.75) is 0 Å². The summed E-state index contributed by atoms with van der Waals surface area (Å²) in [6.45, 7) is 0. The zero-order valence-corrected chi connectivity index (χ0v) is 11.3. The minimum absolute atomic E-state index is 0.0979. The molecule has 1 rings (SSSR count). The van der Waals surface area contributed by atoms with Gasteiger partial charge in [0.15, 0.2) is 5.57 Å². The fraction of sp³-hybridized carbons (Fsp3) is 0.133. The van der Waals surface area contributed by atoms with E-state index in [1.165, 1.54) is 0 Å². The number of benzene rings is 1. The molecule has 0 aliphatic heterocycles. The summed E-state index contributed by atoms with van der Waals surface area (Å²) in [6.07, 6.45) is 1.55. The molecule has 0 radical (unpaired) electrons. The first-order chi connectivity index (χ1) is 9.53. The van der Waals surface area contributed by atoms with E-state index >= 15 is 0 Å². The van der Waals surface area contributed by atoms with E-state index in [1.54, 1.807) is 18.2 Å². The van der Waals surface area contributed by atoms with Gasteiger partial charge in [-0.25, -0.2) is 0 Å². The second kappa shape index (κ2) is 6.64. The van der Waals surface area contributed by atoms with E-state index in [0.29, 0.717) is 0 Å².